The highest BCUT2D eigenvalue weighted by Gasteiger charge is 2.67. The van der Waals surface area contributed by atoms with E-state index in [-0.39, 0.29) is 5.60 Å². The van der Waals surface area contributed by atoms with E-state index in [4.69, 9.17) is 4.74 Å². The second-order valence-corrected chi connectivity index (χ2v) is 7.22. The Morgan fingerprint density at radius 1 is 1.18 bits per heavy atom. The molecule has 2 nitrogen and oxygen atoms in total. The van der Waals surface area contributed by atoms with Gasteiger partial charge < -0.3 is 9.84 Å². The molecule has 1 saturated carbocycles. The van der Waals surface area contributed by atoms with Crippen LogP contribution in [0.25, 0.3) is 0 Å². The molecular formula is C15H26O2. The zero-order valence-electron chi connectivity index (χ0n) is 11.6. The molecule has 0 aromatic heterocycles. The van der Waals surface area contributed by atoms with Gasteiger partial charge in [-0.1, -0.05) is 27.7 Å². The summed E-state index contributed by atoms with van der Waals surface area (Å²) in [7, 11) is 0. The van der Waals surface area contributed by atoms with Crippen molar-refractivity contribution in [2.75, 3.05) is 0 Å². The summed E-state index contributed by atoms with van der Waals surface area (Å²) in [5.74, 6) is 1.92. The minimum atomic E-state index is -0.831. The highest BCUT2D eigenvalue weighted by Crippen LogP contribution is 2.63. The first kappa shape index (κ1) is 12.0. The van der Waals surface area contributed by atoms with Crippen molar-refractivity contribution in [2.45, 2.75) is 64.8 Å². The van der Waals surface area contributed by atoms with Crippen molar-refractivity contribution < 1.29 is 9.84 Å². The lowest BCUT2D eigenvalue weighted by molar-refractivity contribution is -0.294. The van der Waals surface area contributed by atoms with Gasteiger partial charge in [-0.3, -0.25) is 0 Å². The van der Waals surface area contributed by atoms with E-state index in [1.807, 2.05) is 0 Å². The molecule has 1 N–H and O–H groups in total. The summed E-state index contributed by atoms with van der Waals surface area (Å²) < 4.78 is 6.31. The second kappa shape index (κ2) is 3.48. The first-order valence-electron chi connectivity index (χ1n) is 7.31. The summed E-state index contributed by atoms with van der Waals surface area (Å²) in [6, 6.07) is 0. The van der Waals surface area contributed by atoms with E-state index in [0.717, 1.165) is 12.8 Å². The zero-order chi connectivity index (χ0) is 12.4. The third-order valence-electron chi connectivity index (χ3n) is 5.96. The van der Waals surface area contributed by atoms with Crippen molar-refractivity contribution >= 4 is 0 Å². The van der Waals surface area contributed by atoms with Gasteiger partial charge in [0.05, 0.1) is 5.60 Å². The molecule has 1 aliphatic carbocycles. The Balaban J connectivity index is 2.01. The van der Waals surface area contributed by atoms with Crippen molar-refractivity contribution in [3.05, 3.63) is 0 Å². The molecule has 17 heavy (non-hydrogen) atoms. The molecule has 3 aliphatic rings. The molecule has 6 atom stereocenters. The smallest absolute Gasteiger partial charge is 0.169 e. The average molecular weight is 238 g/mol. The Labute approximate surface area is 105 Å². The predicted molar refractivity (Wildman–Crippen MR) is 67.4 cm³/mol. The summed E-state index contributed by atoms with van der Waals surface area (Å²) in [6.45, 7) is 9.08. The van der Waals surface area contributed by atoms with Gasteiger partial charge in [-0.25, -0.2) is 0 Å². The average Bonchev–Trinajstić information content (AvgIpc) is 2.65. The van der Waals surface area contributed by atoms with Gasteiger partial charge in [0.2, 0.25) is 0 Å². The quantitative estimate of drug-likeness (QED) is 0.760. The fourth-order valence-corrected chi connectivity index (χ4v) is 5.08. The van der Waals surface area contributed by atoms with Crippen LogP contribution in [0.15, 0.2) is 0 Å². The summed E-state index contributed by atoms with van der Waals surface area (Å²) in [6.07, 6.45) is 4.49. The molecule has 0 aromatic carbocycles. The van der Waals surface area contributed by atoms with Crippen LogP contribution >= 0.6 is 0 Å². The number of aliphatic hydroxyl groups is 1. The minimum absolute atomic E-state index is 0.00134. The van der Waals surface area contributed by atoms with Crippen molar-refractivity contribution in [1.82, 2.24) is 0 Å². The maximum absolute atomic E-state index is 10.9. The fraction of sp³-hybridized carbons (Fsp3) is 1.00. The molecule has 0 radical (unpaired) electrons. The molecule has 2 aliphatic heterocycles. The van der Waals surface area contributed by atoms with Gasteiger partial charge in [0, 0.05) is 12.3 Å². The third kappa shape index (κ3) is 1.40. The normalized spacial score (nSPS) is 57.5. The standard InChI is InChI=1S/C15H26O2/c1-9(2)13-8-14-11(4)5-6-12(14)10(3)7-15(13,16)17-14/h9-13,16H,5-8H2,1-4H3. The Bertz CT molecular complexity index is 327. The molecule has 2 bridgehead atoms. The van der Waals surface area contributed by atoms with E-state index >= 15 is 0 Å². The summed E-state index contributed by atoms with van der Waals surface area (Å²) >= 11 is 0. The van der Waals surface area contributed by atoms with E-state index in [0.29, 0.717) is 29.6 Å². The molecule has 2 heteroatoms. The molecule has 3 rings (SSSR count). The van der Waals surface area contributed by atoms with Gasteiger partial charge in [0.15, 0.2) is 5.79 Å². The van der Waals surface area contributed by atoms with Gasteiger partial charge >= 0.3 is 0 Å². The zero-order valence-corrected chi connectivity index (χ0v) is 11.6. The van der Waals surface area contributed by atoms with Crippen LogP contribution in [0.1, 0.15) is 53.4 Å². The fourth-order valence-electron chi connectivity index (χ4n) is 5.08. The molecule has 3 fully saturated rings. The lowest BCUT2D eigenvalue weighted by Gasteiger charge is -2.46. The van der Waals surface area contributed by atoms with E-state index in [2.05, 4.69) is 27.7 Å². The monoisotopic (exact) mass is 238 g/mol. The van der Waals surface area contributed by atoms with Gasteiger partial charge in [-0.05, 0) is 42.9 Å². The Hall–Kier alpha value is -0.0800. The van der Waals surface area contributed by atoms with Crippen molar-refractivity contribution in [3.8, 4) is 0 Å². The summed E-state index contributed by atoms with van der Waals surface area (Å²) in [4.78, 5) is 0. The van der Waals surface area contributed by atoms with Crippen molar-refractivity contribution in [2.24, 2.45) is 29.6 Å². The van der Waals surface area contributed by atoms with Crippen LogP contribution in [0, 0.1) is 29.6 Å². The van der Waals surface area contributed by atoms with E-state index in [1.54, 1.807) is 0 Å². The van der Waals surface area contributed by atoms with Crippen LogP contribution in [0.4, 0.5) is 0 Å². The molecule has 6 unspecified atom stereocenters. The molecule has 2 saturated heterocycles. The molecule has 1 spiro atoms. The molecular weight excluding hydrogens is 212 g/mol. The van der Waals surface area contributed by atoms with E-state index in [1.165, 1.54) is 12.8 Å². The SMILES string of the molecule is CC(C)C1CC23OC1(O)CC(C)C2CCC3C. The maximum Gasteiger partial charge on any atom is 0.169 e. The van der Waals surface area contributed by atoms with Gasteiger partial charge in [-0.15, -0.1) is 0 Å². The first-order chi connectivity index (χ1) is 7.89. The van der Waals surface area contributed by atoms with Gasteiger partial charge in [0.25, 0.3) is 0 Å². The summed E-state index contributed by atoms with van der Waals surface area (Å²) in [5.41, 5.74) is 0.00134. The van der Waals surface area contributed by atoms with Crippen LogP contribution in [-0.4, -0.2) is 16.5 Å². The number of fused-ring (bicyclic) bond motifs is 1. The van der Waals surface area contributed by atoms with Crippen molar-refractivity contribution in [1.29, 1.82) is 0 Å². The Morgan fingerprint density at radius 2 is 1.88 bits per heavy atom. The van der Waals surface area contributed by atoms with E-state index < -0.39 is 5.79 Å². The van der Waals surface area contributed by atoms with Crippen LogP contribution in [0.2, 0.25) is 0 Å². The highest BCUT2D eigenvalue weighted by molar-refractivity contribution is 5.12. The first-order valence-corrected chi connectivity index (χ1v) is 7.31. The van der Waals surface area contributed by atoms with Crippen LogP contribution in [-0.2, 0) is 4.74 Å². The number of hydrogen-bond donors (Lipinski definition) is 1. The largest absolute Gasteiger partial charge is 0.365 e. The molecule has 0 aromatic rings. The number of rotatable bonds is 1. The number of hydrogen-bond acceptors (Lipinski definition) is 2. The summed E-state index contributed by atoms with van der Waals surface area (Å²) in [5, 5.41) is 10.9. The predicted octanol–water partition coefficient (Wildman–Crippen LogP) is 3.19. The highest BCUT2D eigenvalue weighted by atomic mass is 16.6. The third-order valence-corrected chi connectivity index (χ3v) is 5.96. The second-order valence-electron chi connectivity index (χ2n) is 7.22. The minimum Gasteiger partial charge on any atom is -0.365 e. The lowest BCUT2D eigenvalue weighted by atomic mass is 9.75. The Morgan fingerprint density at radius 3 is 2.53 bits per heavy atom. The molecule has 0 amide bonds. The van der Waals surface area contributed by atoms with E-state index in [9.17, 15) is 5.11 Å². The Kier molecular flexibility index (Phi) is 2.45. The van der Waals surface area contributed by atoms with Crippen LogP contribution < -0.4 is 0 Å². The lowest BCUT2D eigenvalue weighted by Crippen LogP contribution is -2.51. The molecule has 98 valence electrons. The molecule has 2 heterocycles. The topological polar surface area (TPSA) is 29.5 Å². The van der Waals surface area contributed by atoms with Gasteiger partial charge in [0.1, 0.15) is 0 Å². The van der Waals surface area contributed by atoms with Crippen molar-refractivity contribution in [3.63, 3.8) is 0 Å². The van der Waals surface area contributed by atoms with Gasteiger partial charge in [-0.2, -0.15) is 0 Å². The van der Waals surface area contributed by atoms with Crippen LogP contribution in [0.5, 0.6) is 0 Å². The number of ether oxygens (including phenoxy) is 1. The van der Waals surface area contributed by atoms with Crippen LogP contribution in [0.3, 0.4) is 0 Å². The maximum atomic E-state index is 10.9.